The Bertz CT molecular complexity index is 406. The number of carbonyl (C=O) groups excluding carboxylic acids is 1. The molecule has 0 radical (unpaired) electrons. The number of likely N-dealkylation sites (tertiary alicyclic amines) is 1. The van der Waals surface area contributed by atoms with Crippen LogP contribution >= 0.6 is 11.3 Å². The highest BCUT2D eigenvalue weighted by atomic mass is 32.1. The van der Waals surface area contributed by atoms with Crippen molar-refractivity contribution in [1.82, 2.24) is 10.2 Å². The molecule has 1 atom stereocenters. The van der Waals surface area contributed by atoms with Gasteiger partial charge in [0.2, 0.25) is 0 Å². The number of piperidine rings is 1. The van der Waals surface area contributed by atoms with Gasteiger partial charge in [0.05, 0.1) is 4.88 Å². The molecule has 100 valence electrons. The van der Waals surface area contributed by atoms with Crippen LogP contribution in [0.25, 0.3) is 0 Å². The van der Waals surface area contributed by atoms with Gasteiger partial charge in [-0.1, -0.05) is 0 Å². The Balaban J connectivity index is 2.04. The van der Waals surface area contributed by atoms with Gasteiger partial charge in [0.25, 0.3) is 5.91 Å². The van der Waals surface area contributed by atoms with Crippen LogP contribution in [0.1, 0.15) is 33.0 Å². The number of amides is 1. The number of carbonyl (C=O) groups is 1. The Labute approximate surface area is 113 Å². The molecule has 3 nitrogen and oxygen atoms in total. The van der Waals surface area contributed by atoms with Crippen molar-refractivity contribution in [2.24, 2.45) is 5.92 Å². The normalized spacial score (nSPS) is 20.2. The summed E-state index contributed by atoms with van der Waals surface area (Å²) in [6, 6.07) is 2.03. The van der Waals surface area contributed by atoms with E-state index in [4.69, 9.17) is 0 Å². The van der Waals surface area contributed by atoms with Crippen LogP contribution in [0.3, 0.4) is 0 Å². The first kappa shape index (κ1) is 13.6. The zero-order chi connectivity index (χ0) is 13.1. The number of thiophene rings is 1. The zero-order valence-electron chi connectivity index (χ0n) is 11.5. The summed E-state index contributed by atoms with van der Waals surface area (Å²) in [6.45, 7) is 6.97. The molecular formula is C14H22N2OS. The molecule has 0 bridgehead atoms. The van der Waals surface area contributed by atoms with E-state index < -0.39 is 0 Å². The van der Waals surface area contributed by atoms with Crippen molar-refractivity contribution in [3.05, 3.63) is 21.4 Å². The molecule has 1 aromatic heterocycles. The Morgan fingerprint density at radius 2 is 2.33 bits per heavy atom. The van der Waals surface area contributed by atoms with E-state index >= 15 is 0 Å². The minimum absolute atomic E-state index is 0.219. The number of nitrogens with zero attached hydrogens (tertiary/aromatic N) is 1. The summed E-state index contributed by atoms with van der Waals surface area (Å²) in [5, 5.41) is 3.21. The Kier molecular flexibility index (Phi) is 4.40. The summed E-state index contributed by atoms with van der Waals surface area (Å²) in [5.74, 6) is 0.826. The lowest BCUT2D eigenvalue weighted by molar-refractivity contribution is 0.0679. The molecular weight excluding hydrogens is 244 g/mol. The molecule has 1 unspecified atom stereocenters. The van der Waals surface area contributed by atoms with E-state index in [1.807, 2.05) is 18.0 Å². The fraction of sp³-hybridized carbons (Fsp3) is 0.643. The predicted molar refractivity (Wildman–Crippen MR) is 76.3 cm³/mol. The van der Waals surface area contributed by atoms with Crippen LogP contribution in [-0.4, -0.2) is 37.5 Å². The predicted octanol–water partition coefficient (Wildman–Crippen LogP) is 2.44. The van der Waals surface area contributed by atoms with Gasteiger partial charge in [-0.25, -0.2) is 0 Å². The molecule has 2 rings (SSSR count). The average molecular weight is 266 g/mol. The molecule has 0 aliphatic carbocycles. The minimum Gasteiger partial charge on any atom is -0.338 e. The van der Waals surface area contributed by atoms with Gasteiger partial charge in [-0.2, -0.15) is 0 Å². The molecule has 4 heteroatoms. The van der Waals surface area contributed by atoms with Crippen molar-refractivity contribution in [2.45, 2.75) is 26.7 Å². The van der Waals surface area contributed by atoms with Gasteiger partial charge in [-0.3, -0.25) is 4.79 Å². The second-order valence-corrected chi connectivity index (χ2v) is 6.42. The van der Waals surface area contributed by atoms with Gasteiger partial charge in [-0.05, 0) is 57.8 Å². The minimum atomic E-state index is 0.219. The molecule has 0 aromatic carbocycles. The summed E-state index contributed by atoms with van der Waals surface area (Å²) in [6.07, 6.45) is 2.36. The number of hydrogen-bond donors (Lipinski definition) is 1. The summed E-state index contributed by atoms with van der Waals surface area (Å²) < 4.78 is 0. The second kappa shape index (κ2) is 5.85. The van der Waals surface area contributed by atoms with Crippen LogP contribution in [0.4, 0.5) is 0 Å². The number of rotatable bonds is 3. The molecule has 1 amide bonds. The SMILES string of the molecule is CNCC1CCCN(C(=O)c2cc(C)c(C)s2)C1. The first-order valence-electron chi connectivity index (χ1n) is 6.62. The molecule has 0 spiro atoms. The van der Waals surface area contributed by atoms with E-state index in [0.29, 0.717) is 5.92 Å². The maximum absolute atomic E-state index is 12.4. The highest BCUT2D eigenvalue weighted by Gasteiger charge is 2.25. The molecule has 18 heavy (non-hydrogen) atoms. The van der Waals surface area contributed by atoms with Crippen molar-refractivity contribution < 1.29 is 4.79 Å². The number of nitrogens with one attached hydrogen (secondary N) is 1. The van der Waals surface area contributed by atoms with E-state index in [1.54, 1.807) is 11.3 Å². The van der Waals surface area contributed by atoms with Crippen LogP contribution in [0, 0.1) is 19.8 Å². The quantitative estimate of drug-likeness (QED) is 0.911. The highest BCUT2D eigenvalue weighted by Crippen LogP contribution is 2.24. The van der Waals surface area contributed by atoms with Gasteiger partial charge in [0, 0.05) is 18.0 Å². The molecule has 1 saturated heterocycles. The molecule has 1 aliphatic rings. The molecule has 0 saturated carbocycles. The van der Waals surface area contributed by atoms with Gasteiger partial charge in [0.1, 0.15) is 0 Å². The highest BCUT2D eigenvalue weighted by molar-refractivity contribution is 7.14. The number of aryl methyl sites for hydroxylation is 2. The van der Waals surface area contributed by atoms with Crippen molar-refractivity contribution in [2.75, 3.05) is 26.7 Å². The Morgan fingerprint density at radius 1 is 1.56 bits per heavy atom. The van der Waals surface area contributed by atoms with Gasteiger partial charge in [0.15, 0.2) is 0 Å². The maximum atomic E-state index is 12.4. The third kappa shape index (κ3) is 2.93. The summed E-state index contributed by atoms with van der Waals surface area (Å²) >= 11 is 1.62. The van der Waals surface area contributed by atoms with Crippen LogP contribution in [-0.2, 0) is 0 Å². The summed E-state index contributed by atoms with van der Waals surface area (Å²) in [7, 11) is 1.98. The molecule has 1 aromatic rings. The average Bonchev–Trinajstić information content (AvgIpc) is 2.69. The first-order valence-corrected chi connectivity index (χ1v) is 7.44. The summed E-state index contributed by atoms with van der Waals surface area (Å²) in [4.78, 5) is 16.6. The van der Waals surface area contributed by atoms with E-state index in [0.717, 1.165) is 30.9 Å². The number of hydrogen-bond acceptors (Lipinski definition) is 3. The van der Waals surface area contributed by atoms with Crippen molar-refractivity contribution in [3.63, 3.8) is 0 Å². The van der Waals surface area contributed by atoms with E-state index in [2.05, 4.69) is 19.2 Å². The van der Waals surface area contributed by atoms with Crippen molar-refractivity contribution >= 4 is 17.2 Å². The molecule has 1 fully saturated rings. The second-order valence-electron chi connectivity index (χ2n) is 5.17. The lowest BCUT2D eigenvalue weighted by Gasteiger charge is -2.32. The Hall–Kier alpha value is -0.870. The maximum Gasteiger partial charge on any atom is 0.263 e. The van der Waals surface area contributed by atoms with E-state index in [9.17, 15) is 4.79 Å². The van der Waals surface area contributed by atoms with Gasteiger partial charge < -0.3 is 10.2 Å². The first-order chi connectivity index (χ1) is 8.61. The van der Waals surface area contributed by atoms with Crippen molar-refractivity contribution in [1.29, 1.82) is 0 Å². The van der Waals surface area contributed by atoms with Gasteiger partial charge in [-0.15, -0.1) is 11.3 Å². The van der Waals surface area contributed by atoms with Crippen LogP contribution in [0.15, 0.2) is 6.07 Å². The lowest BCUT2D eigenvalue weighted by Crippen LogP contribution is -2.42. The lowest BCUT2D eigenvalue weighted by atomic mass is 9.98. The standard InChI is InChI=1S/C14H22N2OS/c1-10-7-13(18-11(10)2)14(17)16-6-4-5-12(9-16)8-15-3/h7,12,15H,4-6,8-9H2,1-3H3. The van der Waals surface area contributed by atoms with Crippen LogP contribution in [0.2, 0.25) is 0 Å². The van der Waals surface area contributed by atoms with Gasteiger partial charge >= 0.3 is 0 Å². The zero-order valence-corrected chi connectivity index (χ0v) is 12.3. The topological polar surface area (TPSA) is 32.3 Å². The molecule has 1 N–H and O–H groups in total. The largest absolute Gasteiger partial charge is 0.338 e. The molecule has 1 aliphatic heterocycles. The van der Waals surface area contributed by atoms with E-state index in [1.165, 1.54) is 16.9 Å². The monoisotopic (exact) mass is 266 g/mol. The smallest absolute Gasteiger partial charge is 0.263 e. The van der Waals surface area contributed by atoms with Crippen molar-refractivity contribution in [3.8, 4) is 0 Å². The van der Waals surface area contributed by atoms with E-state index in [-0.39, 0.29) is 5.91 Å². The Morgan fingerprint density at radius 3 is 2.94 bits per heavy atom. The fourth-order valence-corrected chi connectivity index (χ4v) is 3.54. The third-order valence-corrected chi connectivity index (χ3v) is 4.82. The van der Waals surface area contributed by atoms with Crippen LogP contribution in [0.5, 0.6) is 0 Å². The fourth-order valence-electron chi connectivity index (χ4n) is 2.54. The summed E-state index contributed by atoms with van der Waals surface area (Å²) in [5.41, 5.74) is 1.23. The van der Waals surface area contributed by atoms with Crippen LogP contribution < -0.4 is 5.32 Å². The molecule has 2 heterocycles. The third-order valence-electron chi connectivity index (χ3n) is 3.68.